The smallest absolute Gasteiger partial charge is 0.311 e. The summed E-state index contributed by atoms with van der Waals surface area (Å²) >= 11 is 0. The monoisotopic (exact) mass is 287 g/mol. The Morgan fingerprint density at radius 2 is 1.70 bits per heavy atom. The maximum absolute atomic E-state index is 11.8. The molecule has 20 heavy (non-hydrogen) atoms. The molecule has 0 saturated carbocycles. The molecule has 0 amide bonds. The lowest BCUT2D eigenvalue weighted by molar-refractivity contribution is -0.191. The van der Waals surface area contributed by atoms with Crippen LogP contribution in [0.5, 0.6) is 0 Å². The van der Waals surface area contributed by atoms with E-state index in [-0.39, 0.29) is 30.2 Å². The van der Waals surface area contributed by atoms with Crippen LogP contribution in [0.15, 0.2) is 0 Å². The third kappa shape index (κ3) is 8.15. The third-order valence-corrected chi connectivity index (χ3v) is 2.91. The van der Waals surface area contributed by atoms with Crippen LogP contribution in [0.2, 0.25) is 0 Å². The Labute approximate surface area is 122 Å². The van der Waals surface area contributed by atoms with Crippen molar-refractivity contribution in [3.63, 3.8) is 0 Å². The molecule has 118 valence electrons. The number of rotatable bonds is 9. The van der Waals surface area contributed by atoms with Crippen molar-refractivity contribution in [1.82, 2.24) is 0 Å². The van der Waals surface area contributed by atoms with Crippen molar-refractivity contribution in [2.45, 2.75) is 60.2 Å². The summed E-state index contributed by atoms with van der Waals surface area (Å²) in [6.07, 6.45) is 0.801. The lowest BCUT2D eigenvalue weighted by Crippen LogP contribution is -2.28. The van der Waals surface area contributed by atoms with E-state index in [1.807, 2.05) is 0 Å². The van der Waals surface area contributed by atoms with Crippen LogP contribution in [0.25, 0.3) is 0 Å². The Morgan fingerprint density at radius 1 is 1.10 bits per heavy atom. The highest BCUT2D eigenvalue weighted by Gasteiger charge is 2.21. The number of ether oxygens (including phenoxy) is 2. The summed E-state index contributed by atoms with van der Waals surface area (Å²) in [4.78, 5) is 23.3. The molecular formula is C15H29NO4. The molecule has 0 bridgehead atoms. The van der Waals surface area contributed by atoms with Crippen LogP contribution in [0.3, 0.4) is 0 Å². The van der Waals surface area contributed by atoms with E-state index in [0.717, 1.165) is 6.42 Å². The number of carbonyl (C=O) groups is 2. The summed E-state index contributed by atoms with van der Waals surface area (Å²) in [6.45, 7) is 9.92. The first kappa shape index (κ1) is 18.9. The van der Waals surface area contributed by atoms with Gasteiger partial charge in [0.1, 0.15) is 0 Å². The van der Waals surface area contributed by atoms with Crippen LogP contribution in [0.4, 0.5) is 0 Å². The Hall–Kier alpha value is -1.10. The lowest BCUT2D eigenvalue weighted by Gasteiger charge is -2.20. The van der Waals surface area contributed by atoms with Gasteiger partial charge in [0.05, 0.1) is 5.92 Å². The molecule has 0 aromatic rings. The van der Waals surface area contributed by atoms with Gasteiger partial charge in [-0.05, 0) is 24.8 Å². The van der Waals surface area contributed by atoms with Gasteiger partial charge in [0.15, 0.2) is 0 Å². The first-order valence-electron chi connectivity index (χ1n) is 7.40. The van der Waals surface area contributed by atoms with Crippen molar-refractivity contribution in [3.8, 4) is 0 Å². The SMILES string of the molecule is CCC(OC(=O)CC(CN)CC(C)C)OC(=O)C(C)C. The molecule has 2 atom stereocenters. The first-order valence-corrected chi connectivity index (χ1v) is 7.40. The van der Waals surface area contributed by atoms with Gasteiger partial charge in [0, 0.05) is 12.8 Å². The molecule has 5 nitrogen and oxygen atoms in total. The average molecular weight is 287 g/mol. The van der Waals surface area contributed by atoms with E-state index in [0.29, 0.717) is 18.9 Å². The number of carbonyl (C=O) groups excluding carboxylic acids is 2. The van der Waals surface area contributed by atoms with Crippen molar-refractivity contribution in [3.05, 3.63) is 0 Å². The van der Waals surface area contributed by atoms with Crippen LogP contribution in [0.1, 0.15) is 53.9 Å². The predicted molar refractivity (Wildman–Crippen MR) is 77.7 cm³/mol. The highest BCUT2D eigenvalue weighted by atomic mass is 16.7. The summed E-state index contributed by atoms with van der Waals surface area (Å²) in [5.41, 5.74) is 5.66. The van der Waals surface area contributed by atoms with Crippen molar-refractivity contribution in [2.75, 3.05) is 6.54 Å². The van der Waals surface area contributed by atoms with Crippen molar-refractivity contribution in [2.24, 2.45) is 23.5 Å². The largest absolute Gasteiger partial charge is 0.425 e. The van der Waals surface area contributed by atoms with Gasteiger partial charge in [-0.2, -0.15) is 0 Å². The van der Waals surface area contributed by atoms with Gasteiger partial charge in [-0.25, -0.2) is 0 Å². The highest BCUT2D eigenvalue weighted by Crippen LogP contribution is 2.16. The zero-order valence-electron chi connectivity index (χ0n) is 13.3. The van der Waals surface area contributed by atoms with E-state index >= 15 is 0 Å². The normalized spacial score (nSPS) is 14.2. The predicted octanol–water partition coefficient (Wildman–Crippen LogP) is 2.48. The Morgan fingerprint density at radius 3 is 2.10 bits per heavy atom. The number of hydrogen-bond donors (Lipinski definition) is 1. The van der Waals surface area contributed by atoms with Crippen LogP contribution in [-0.2, 0) is 19.1 Å². The quantitative estimate of drug-likeness (QED) is 0.520. The lowest BCUT2D eigenvalue weighted by atomic mass is 9.94. The topological polar surface area (TPSA) is 78.6 Å². The van der Waals surface area contributed by atoms with Crippen molar-refractivity contribution >= 4 is 11.9 Å². The van der Waals surface area contributed by atoms with Gasteiger partial charge in [0.25, 0.3) is 0 Å². The van der Waals surface area contributed by atoms with Crippen LogP contribution >= 0.6 is 0 Å². The second-order valence-electron chi connectivity index (χ2n) is 5.85. The Kier molecular flexibility index (Phi) is 9.21. The zero-order valence-corrected chi connectivity index (χ0v) is 13.3. The highest BCUT2D eigenvalue weighted by molar-refractivity contribution is 5.72. The molecule has 0 saturated heterocycles. The van der Waals surface area contributed by atoms with Crippen molar-refractivity contribution < 1.29 is 19.1 Å². The second kappa shape index (κ2) is 9.75. The Bertz CT molecular complexity index is 302. The average Bonchev–Trinajstić information content (AvgIpc) is 2.36. The molecule has 0 aromatic heterocycles. The van der Waals surface area contributed by atoms with Gasteiger partial charge in [-0.15, -0.1) is 0 Å². The van der Waals surface area contributed by atoms with E-state index in [9.17, 15) is 9.59 Å². The van der Waals surface area contributed by atoms with Crippen LogP contribution < -0.4 is 5.73 Å². The van der Waals surface area contributed by atoms with E-state index in [2.05, 4.69) is 13.8 Å². The van der Waals surface area contributed by atoms with Gasteiger partial charge in [0.2, 0.25) is 6.29 Å². The summed E-state index contributed by atoms with van der Waals surface area (Å²) in [5, 5.41) is 0. The summed E-state index contributed by atoms with van der Waals surface area (Å²) < 4.78 is 10.3. The maximum Gasteiger partial charge on any atom is 0.311 e. The van der Waals surface area contributed by atoms with Gasteiger partial charge in [-0.1, -0.05) is 34.6 Å². The number of nitrogens with two attached hydrogens (primary N) is 1. The minimum atomic E-state index is -0.796. The molecule has 0 aliphatic carbocycles. The summed E-state index contributed by atoms with van der Waals surface area (Å²) in [6, 6.07) is 0. The first-order chi connectivity index (χ1) is 9.29. The van der Waals surface area contributed by atoms with Crippen LogP contribution in [-0.4, -0.2) is 24.8 Å². The van der Waals surface area contributed by atoms with Crippen molar-refractivity contribution in [1.29, 1.82) is 0 Å². The van der Waals surface area contributed by atoms with E-state index in [1.54, 1.807) is 20.8 Å². The minimum absolute atomic E-state index is 0.112. The fraction of sp³-hybridized carbons (Fsp3) is 0.867. The fourth-order valence-electron chi connectivity index (χ4n) is 1.82. The molecular weight excluding hydrogens is 258 g/mol. The number of esters is 2. The van der Waals surface area contributed by atoms with Gasteiger partial charge >= 0.3 is 11.9 Å². The molecule has 0 aliphatic heterocycles. The van der Waals surface area contributed by atoms with Gasteiger partial charge in [-0.3, -0.25) is 9.59 Å². The molecule has 2 unspecified atom stereocenters. The maximum atomic E-state index is 11.8. The van der Waals surface area contributed by atoms with Crippen LogP contribution in [0, 0.1) is 17.8 Å². The zero-order chi connectivity index (χ0) is 15.7. The fourth-order valence-corrected chi connectivity index (χ4v) is 1.82. The summed E-state index contributed by atoms with van der Waals surface area (Å²) in [7, 11) is 0. The van der Waals surface area contributed by atoms with E-state index < -0.39 is 6.29 Å². The second-order valence-corrected chi connectivity index (χ2v) is 5.85. The standard InChI is InChI=1S/C15H29NO4/c1-6-14(20-15(18)11(4)5)19-13(17)8-12(9-16)7-10(2)3/h10-12,14H,6-9,16H2,1-5H3. The molecule has 0 spiro atoms. The molecule has 0 radical (unpaired) electrons. The molecule has 5 heteroatoms. The molecule has 0 fully saturated rings. The minimum Gasteiger partial charge on any atom is -0.425 e. The van der Waals surface area contributed by atoms with E-state index in [1.165, 1.54) is 0 Å². The van der Waals surface area contributed by atoms with E-state index in [4.69, 9.17) is 15.2 Å². The molecule has 0 aliphatic rings. The number of hydrogen-bond acceptors (Lipinski definition) is 5. The molecule has 0 heterocycles. The molecule has 2 N–H and O–H groups in total. The van der Waals surface area contributed by atoms with Gasteiger partial charge < -0.3 is 15.2 Å². The molecule has 0 aromatic carbocycles. The Balaban J connectivity index is 4.29. The molecule has 0 rings (SSSR count). The third-order valence-electron chi connectivity index (χ3n) is 2.91. The summed E-state index contributed by atoms with van der Waals surface area (Å²) in [5.74, 6) is -0.356.